The van der Waals surface area contributed by atoms with E-state index in [0.29, 0.717) is 11.5 Å². The average molecular weight is 277 g/mol. The first-order chi connectivity index (χ1) is 9.72. The first-order valence-electron chi connectivity index (χ1n) is 7.16. The van der Waals surface area contributed by atoms with Crippen molar-refractivity contribution < 1.29 is 9.90 Å². The van der Waals surface area contributed by atoms with Gasteiger partial charge in [-0.2, -0.15) is 0 Å². The molecule has 1 amide bonds. The summed E-state index contributed by atoms with van der Waals surface area (Å²) in [7, 11) is 0. The molecule has 2 rings (SSSR count). The highest BCUT2D eigenvalue weighted by Crippen LogP contribution is 2.21. The van der Waals surface area contributed by atoms with Crippen LogP contribution in [0.4, 0.5) is 0 Å². The fraction of sp³-hybridized carbons (Fsp3) is 0.533. The van der Waals surface area contributed by atoms with Crippen LogP contribution in [-0.4, -0.2) is 35.6 Å². The second kappa shape index (κ2) is 7.38. The molecular weight excluding hydrogens is 254 g/mol. The molecule has 110 valence electrons. The molecule has 1 aliphatic rings. The molecular formula is C15H23N3O2. The van der Waals surface area contributed by atoms with Crippen LogP contribution in [0.5, 0.6) is 0 Å². The molecule has 5 nitrogen and oxygen atoms in total. The van der Waals surface area contributed by atoms with Crippen molar-refractivity contribution in [3.8, 4) is 0 Å². The zero-order valence-corrected chi connectivity index (χ0v) is 11.7. The van der Waals surface area contributed by atoms with Crippen molar-refractivity contribution >= 4 is 5.91 Å². The SMILES string of the molecule is NNC(=O)c1ccc(CN2CCCC(CCO)C2)cc1. The Kier molecular flexibility index (Phi) is 5.52. The molecule has 0 aromatic heterocycles. The topological polar surface area (TPSA) is 78.6 Å². The summed E-state index contributed by atoms with van der Waals surface area (Å²) in [5, 5.41) is 9.03. The molecule has 5 heteroatoms. The van der Waals surface area contributed by atoms with Crippen molar-refractivity contribution in [3.63, 3.8) is 0 Å². The van der Waals surface area contributed by atoms with Crippen LogP contribution in [-0.2, 0) is 6.54 Å². The van der Waals surface area contributed by atoms with E-state index in [4.69, 9.17) is 10.9 Å². The summed E-state index contributed by atoms with van der Waals surface area (Å²) in [6, 6.07) is 7.54. The summed E-state index contributed by atoms with van der Waals surface area (Å²) in [5.41, 5.74) is 3.90. The number of piperidine rings is 1. The Morgan fingerprint density at radius 1 is 1.40 bits per heavy atom. The lowest BCUT2D eigenvalue weighted by molar-refractivity contribution is 0.0953. The van der Waals surface area contributed by atoms with E-state index in [0.717, 1.165) is 26.1 Å². The number of rotatable bonds is 5. The van der Waals surface area contributed by atoms with Crippen molar-refractivity contribution in [2.45, 2.75) is 25.8 Å². The van der Waals surface area contributed by atoms with Crippen molar-refractivity contribution in [1.82, 2.24) is 10.3 Å². The minimum absolute atomic E-state index is 0.266. The second-order valence-corrected chi connectivity index (χ2v) is 5.43. The lowest BCUT2D eigenvalue weighted by atomic mass is 9.95. The molecule has 1 saturated heterocycles. The standard InChI is InChI=1S/C15H23N3O2/c16-17-15(20)14-5-3-13(4-6-14)11-18-8-1-2-12(10-18)7-9-19/h3-6,12,19H,1-2,7-11,16H2,(H,17,20). The number of aliphatic hydroxyl groups is 1. The van der Waals surface area contributed by atoms with Crippen LogP contribution < -0.4 is 11.3 Å². The summed E-state index contributed by atoms with van der Waals surface area (Å²) in [4.78, 5) is 13.8. The number of nitrogens with two attached hydrogens (primary N) is 1. The van der Waals surface area contributed by atoms with Gasteiger partial charge in [0, 0.05) is 25.3 Å². The number of aliphatic hydroxyl groups excluding tert-OH is 1. The molecule has 1 heterocycles. The summed E-state index contributed by atoms with van der Waals surface area (Å²) in [6.45, 7) is 3.33. The molecule has 0 radical (unpaired) electrons. The number of nitrogens with zero attached hydrogens (tertiary/aromatic N) is 1. The van der Waals surface area contributed by atoms with Gasteiger partial charge in [0.05, 0.1) is 0 Å². The van der Waals surface area contributed by atoms with Gasteiger partial charge in [0.25, 0.3) is 5.91 Å². The highest BCUT2D eigenvalue weighted by Gasteiger charge is 2.19. The van der Waals surface area contributed by atoms with Gasteiger partial charge in [-0.25, -0.2) is 5.84 Å². The van der Waals surface area contributed by atoms with Crippen LogP contribution in [0.3, 0.4) is 0 Å². The fourth-order valence-corrected chi connectivity index (χ4v) is 2.82. The third-order valence-corrected chi connectivity index (χ3v) is 3.89. The van der Waals surface area contributed by atoms with E-state index in [1.54, 1.807) is 12.1 Å². The summed E-state index contributed by atoms with van der Waals surface area (Å²) < 4.78 is 0. The Morgan fingerprint density at radius 3 is 2.80 bits per heavy atom. The monoisotopic (exact) mass is 277 g/mol. The maximum absolute atomic E-state index is 11.4. The summed E-state index contributed by atoms with van der Waals surface area (Å²) in [6.07, 6.45) is 3.30. The molecule has 20 heavy (non-hydrogen) atoms. The number of amides is 1. The van der Waals surface area contributed by atoms with Crippen molar-refractivity contribution in [1.29, 1.82) is 0 Å². The van der Waals surface area contributed by atoms with Crippen LogP contribution in [0.2, 0.25) is 0 Å². The van der Waals surface area contributed by atoms with Gasteiger partial charge in [0.2, 0.25) is 0 Å². The van der Waals surface area contributed by atoms with Gasteiger partial charge >= 0.3 is 0 Å². The molecule has 4 N–H and O–H groups in total. The van der Waals surface area contributed by atoms with Gasteiger partial charge < -0.3 is 5.11 Å². The molecule has 1 fully saturated rings. The molecule has 1 atom stereocenters. The van der Waals surface area contributed by atoms with Gasteiger partial charge in [-0.05, 0) is 49.4 Å². The zero-order valence-electron chi connectivity index (χ0n) is 11.7. The Hall–Kier alpha value is -1.43. The molecule has 1 aliphatic heterocycles. The van der Waals surface area contributed by atoms with Crippen molar-refractivity contribution in [2.24, 2.45) is 11.8 Å². The number of nitrogen functional groups attached to an aromatic ring is 1. The Bertz CT molecular complexity index is 431. The molecule has 0 spiro atoms. The van der Waals surface area contributed by atoms with Crippen LogP contribution in [0.1, 0.15) is 35.2 Å². The number of benzene rings is 1. The number of carbonyl (C=O) groups excluding carboxylic acids is 1. The van der Waals surface area contributed by atoms with E-state index in [1.807, 2.05) is 12.1 Å². The number of likely N-dealkylation sites (tertiary alicyclic amines) is 1. The van der Waals surface area contributed by atoms with Crippen LogP contribution >= 0.6 is 0 Å². The van der Waals surface area contributed by atoms with Gasteiger partial charge in [-0.1, -0.05) is 12.1 Å². The predicted molar refractivity (Wildman–Crippen MR) is 77.8 cm³/mol. The van der Waals surface area contributed by atoms with Gasteiger partial charge in [-0.15, -0.1) is 0 Å². The molecule has 1 aromatic carbocycles. The Labute approximate surface area is 119 Å². The average Bonchev–Trinajstić information content (AvgIpc) is 2.48. The lowest BCUT2D eigenvalue weighted by Crippen LogP contribution is -2.35. The number of carbonyl (C=O) groups is 1. The maximum Gasteiger partial charge on any atom is 0.265 e. The second-order valence-electron chi connectivity index (χ2n) is 5.43. The Morgan fingerprint density at radius 2 is 2.15 bits per heavy atom. The molecule has 1 unspecified atom stereocenters. The summed E-state index contributed by atoms with van der Waals surface area (Å²) in [5.74, 6) is 5.45. The van der Waals surface area contributed by atoms with Gasteiger partial charge in [0.1, 0.15) is 0 Å². The molecule has 0 bridgehead atoms. The fourth-order valence-electron chi connectivity index (χ4n) is 2.82. The lowest BCUT2D eigenvalue weighted by Gasteiger charge is -2.32. The zero-order chi connectivity index (χ0) is 14.4. The number of hydrazine groups is 1. The number of nitrogens with one attached hydrogen (secondary N) is 1. The third-order valence-electron chi connectivity index (χ3n) is 3.89. The Balaban J connectivity index is 1.91. The smallest absolute Gasteiger partial charge is 0.265 e. The predicted octanol–water partition coefficient (Wildman–Crippen LogP) is 0.884. The van der Waals surface area contributed by atoms with Crippen molar-refractivity contribution in [3.05, 3.63) is 35.4 Å². The first kappa shape index (κ1) is 15.0. The normalized spacial score (nSPS) is 19.8. The minimum atomic E-state index is -0.266. The minimum Gasteiger partial charge on any atom is -0.396 e. The van der Waals surface area contributed by atoms with E-state index in [2.05, 4.69) is 10.3 Å². The molecule has 1 aromatic rings. The van der Waals surface area contributed by atoms with Gasteiger partial charge in [0.15, 0.2) is 0 Å². The van der Waals surface area contributed by atoms with Crippen LogP contribution in [0, 0.1) is 5.92 Å². The highest BCUT2D eigenvalue weighted by molar-refractivity contribution is 5.93. The van der Waals surface area contributed by atoms with Crippen LogP contribution in [0.15, 0.2) is 24.3 Å². The molecule has 0 aliphatic carbocycles. The van der Waals surface area contributed by atoms with Crippen LogP contribution in [0.25, 0.3) is 0 Å². The summed E-state index contributed by atoms with van der Waals surface area (Å²) >= 11 is 0. The molecule has 0 saturated carbocycles. The van der Waals surface area contributed by atoms with Crippen molar-refractivity contribution in [2.75, 3.05) is 19.7 Å². The first-order valence-corrected chi connectivity index (χ1v) is 7.16. The third kappa shape index (κ3) is 4.03. The quantitative estimate of drug-likeness (QED) is 0.424. The van der Waals surface area contributed by atoms with E-state index in [9.17, 15) is 4.79 Å². The van der Waals surface area contributed by atoms with Gasteiger partial charge in [-0.3, -0.25) is 15.1 Å². The number of hydrogen-bond acceptors (Lipinski definition) is 4. The maximum atomic E-state index is 11.4. The van der Waals surface area contributed by atoms with E-state index in [-0.39, 0.29) is 12.5 Å². The van der Waals surface area contributed by atoms with E-state index < -0.39 is 0 Å². The van der Waals surface area contributed by atoms with E-state index in [1.165, 1.54) is 18.4 Å². The largest absolute Gasteiger partial charge is 0.396 e. The highest BCUT2D eigenvalue weighted by atomic mass is 16.3. The van der Waals surface area contributed by atoms with E-state index >= 15 is 0 Å². The number of hydrogen-bond donors (Lipinski definition) is 3.